The number of halogens is 2. The number of alkyl carbamates (subject to hydrolysis) is 1. The predicted molar refractivity (Wildman–Crippen MR) is 111 cm³/mol. The van der Waals surface area contributed by atoms with Gasteiger partial charge in [-0.05, 0) is 36.6 Å². The van der Waals surface area contributed by atoms with Gasteiger partial charge in [0.15, 0.2) is 9.76 Å². The van der Waals surface area contributed by atoms with E-state index in [2.05, 4.69) is 47.2 Å². The molecule has 0 aliphatic rings. The second-order valence-corrected chi connectivity index (χ2v) is 10.9. The van der Waals surface area contributed by atoms with E-state index in [0.29, 0.717) is 11.6 Å². The Morgan fingerprint density at radius 2 is 1.67 bits per heavy atom. The van der Waals surface area contributed by atoms with Crippen molar-refractivity contribution in [1.29, 1.82) is 0 Å². The van der Waals surface area contributed by atoms with E-state index in [-0.39, 0.29) is 5.04 Å². The number of carbonyl (C=O) groups excluding carboxylic acids is 2. The summed E-state index contributed by atoms with van der Waals surface area (Å²) in [6.07, 6.45) is -0.452. The van der Waals surface area contributed by atoms with Gasteiger partial charge in [0.05, 0.1) is 19.8 Å². The van der Waals surface area contributed by atoms with Crippen LogP contribution in [0.1, 0.15) is 45.7 Å². The Bertz CT molecular complexity index is 633. The zero-order valence-electron chi connectivity index (χ0n) is 16.9. The summed E-state index contributed by atoms with van der Waals surface area (Å²) in [4.78, 5) is 20.5. The zero-order valence-corrected chi connectivity index (χ0v) is 19.9. The molecule has 1 aromatic rings. The van der Waals surface area contributed by atoms with Crippen molar-refractivity contribution in [3.05, 3.63) is 34.3 Å². The lowest BCUT2D eigenvalue weighted by Gasteiger charge is -2.31. The lowest BCUT2D eigenvalue weighted by Crippen LogP contribution is -2.28. The highest BCUT2D eigenvalue weighted by Crippen LogP contribution is 2.34. The molecule has 0 saturated carbocycles. The van der Waals surface area contributed by atoms with E-state index < -0.39 is 26.9 Å². The molecule has 6 nitrogen and oxygen atoms in total. The smallest absolute Gasteiger partial charge is 0.407 e. The van der Waals surface area contributed by atoms with Gasteiger partial charge in [-0.2, -0.15) is 0 Å². The summed E-state index contributed by atoms with van der Waals surface area (Å²) in [5, 5.41) is 3.56. The van der Waals surface area contributed by atoms with Gasteiger partial charge in [-0.1, -0.05) is 38.4 Å². The van der Waals surface area contributed by atoms with Crippen molar-refractivity contribution >= 4 is 44.5 Å². The molecule has 0 atom stereocenters. The van der Waals surface area contributed by atoms with E-state index in [1.165, 1.54) is 14.2 Å². The molecule has 0 fully saturated rings. The molecule has 9 heteroatoms. The molecule has 0 aliphatic heterocycles. The van der Waals surface area contributed by atoms with Crippen LogP contribution in [0.15, 0.2) is 18.2 Å². The number of carbonyl (C=O) groups is 2. The van der Waals surface area contributed by atoms with E-state index in [0.717, 1.165) is 11.1 Å². The first-order valence-corrected chi connectivity index (χ1v) is 10.3. The van der Waals surface area contributed by atoms with Gasteiger partial charge in [0.2, 0.25) is 0 Å². The first-order chi connectivity index (χ1) is 12.3. The highest BCUT2D eigenvalue weighted by atomic mass is 35.5. The maximum atomic E-state index is 11.2. The monoisotopic (exact) mass is 437 g/mol. The number of methoxy groups -OCH3 is 2. The van der Waals surface area contributed by atoms with Crippen LogP contribution in [0, 0.1) is 0 Å². The number of hydrogen-bond acceptors (Lipinski definition) is 5. The number of hydrogen-bond donors (Lipinski definition) is 1. The van der Waals surface area contributed by atoms with Crippen LogP contribution < -0.4 is 5.32 Å². The van der Waals surface area contributed by atoms with Crippen LogP contribution in [-0.4, -0.2) is 35.5 Å². The zero-order chi connectivity index (χ0) is 21.3. The van der Waals surface area contributed by atoms with Gasteiger partial charge < -0.3 is 19.2 Å². The average Bonchev–Trinajstić information content (AvgIpc) is 2.58. The van der Waals surface area contributed by atoms with Crippen molar-refractivity contribution in [3.63, 3.8) is 0 Å². The van der Waals surface area contributed by atoms with E-state index in [4.69, 9.17) is 16.0 Å². The molecule has 0 aromatic heterocycles. The van der Waals surface area contributed by atoms with Crippen LogP contribution >= 0.6 is 23.2 Å². The van der Waals surface area contributed by atoms with Crippen LogP contribution in [0.4, 0.5) is 9.59 Å². The second-order valence-electron chi connectivity index (χ2n) is 7.46. The summed E-state index contributed by atoms with van der Waals surface area (Å²) in [6.45, 7) is 11.0. The first kappa shape index (κ1) is 25.7. The van der Waals surface area contributed by atoms with E-state index >= 15 is 0 Å². The van der Waals surface area contributed by atoms with Gasteiger partial charge in [-0.15, -0.1) is 0 Å². The number of rotatable bonds is 5. The number of ether oxygens (including phenoxy) is 2. The van der Waals surface area contributed by atoms with E-state index in [1.54, 1.807) is 0 Å². The SMILES string of the molecule is COC(=O)Cl.COC(=O)NCc1ccc(Cl)c(C(C)(C)O[SiH2]C(C)(C)C)c1. The van der Waals surface area contributed by atoms with Crippen LogP contribution in [-0.2, 0) is 26.0 Å². The van der Waals surface area contributed by atoms with Gasteiger partial charge >= 0.3 is 11.5 Å². The summed E-state index contributed by atoms with van der Waals surface area (Å²) in [5.41, 5.74) is 0.677. The Morgan fingerprint density at radius 1 is 1.11 bits per heavy atom. The first-order valence-electron chi connectivity index (χ1n) is 8.30. The Hall–Kier alpha value is -1.28. The predicted octanol–water partition coefficient (Wildman–Crippen LogP) is 4.74. The molecule has 0 saturated heterocycles. The fourth-order valence-electron chi connectivity index (χ4n) is 1.86. The molecule has 0 aliphatic carbocycles. The van der Waals surface area contributed by atoms with Gasteiger partial charge in [-0.3, -0.25) is 0 Å². The van der Waals surface area contributed by atoms with Crippen molar-refractivity contribution in [3.8, 4) is 0 Å². The van der Waals surface area contributed by atoms with Gasteiger partial charge in [-0.25, -0.2) is 9.59 Å². The normalized spacial score (nSPS) is 11.6. The summed E-state index contributed by atoms with van der Waals surface area (Å²) in [6, 6.07) is 5.71. The van der Waals surface area contributed by atoms with Crippen molar-refractivity contribution in [2.75, 3.05) is 14.2 Å². The Labute approximate surface area is 173 Å². The minimum atomic E-state index is -0.773. The molecule has 1 amide bonds. The number of nitrogens with one attached hydrogen (secondary N) is 1. The highest BCUT2D eigenvalue weighted by molar-refractivity contribution is 6.61. The van der Waals surface area contributed by atoms with Crippen molar-refractivity contribution < 1.29 is 23.5 Å². The van der Waals surface area contributed by atoms with Crippen LogP contribution in [0.2, 0.25) is 10.1 Å². The summed E-state index contributed by atoms with van der Waals surface area (Å²) < 4.78 is 14.7. The summed E-state index contributed by atoms with van der Waals surface area (Å²) in [7, 11) is 1.86. The molecular weight excluding hydrogens is 409 g/mol. The Balaban J connectivity index is 0.00000119. The molecule has 27 heavy (non-hydrogen) atoms. The molecule has 0 unspecified atom stereocenters. The van der Waals surface area contributed by atoms with Gasteiger partial charge in [0, 0.05) is 28.7 Å². The van der Waals surface area contributed by atoms with Crippen LogP contribution in [0.5, 0.6) is 0 Å². The van der Waals surface area contributed by atoms with E-state index in [1.807, 2.05) is 32.0 Å². The molecule has 0 bridgehead atoms. The lowest BCUT2D eigenvalue weighted by atomic mass is 9.96. The molecular formula is C18H29Cl2NO5Si. The highest BCUT2D eigenvalue weighted by Gasteiger charge is 2.26. The molecule has 1 rings (SSSR count). The fraction of sp³-hybridized carbons (Fsp3) is 0.556. The third-order valence-electron chi connectivity index (χ3n) is 3.33. The minimum absolute atomic E-state index is 0.216. The summed E-state index contributed by atoms with van der Waals surface area (Å²) in [5.74, 6) is 0. The van der Waals surface area contributed by atoms with Crippen LogP contribution in [0.25, 0.3) is 0 Å². The third kappa shape index (κ3) is 11.2. The van der Waals surface area contributed by atoms with Gasteiger partial charge in [0.25, 0.3) is 0 Å². The second kappa shape index (κ2) is 11.5. The quantitative estimate of drug-likeness (QED) is 0.531. The molecule has 0 radical (unpaired) electrons. The maximum absolute atomic E-state index is 11.2. The number of benzene rings is 1. The molecule has 1 aromatic carbocycles. The largest absolute Gasteiger partial charge is 0.457 e. The number of amides is 1. The van der Waals surface area contributed by atoms with Crippen molar-refractivity contribution in [1.82, 2.24) is 5.32 Å². The van der Waals surface area contributed by atoms with Crippen molar-refractivity contribution in [2.45, 2.75) is 51.8 Å². The van der Waals surface area contributed by atoms with Crippen molar-refractivity contribution in [2.24, 2.45) is 0 Å². The van der Waals surface area contributed by atoms with Crippen LogP contribution in [0.3, 0.4) is 0 Å². The molecule has 154 valence electrons. The maximum Gasteiger partial charge on any atom is 0.407 e. The summed E-state index contributed by atoms with van der Waals surface area (Å²) >= 11 is 10.9. The molecule has 0 heterocycles. The topological polar surface area (TPSA) is 73.9 Å². The van der Waals surface area contributed by atoms with E-state index in [9.17, 15) is 9.59 Å². The molecule has 1 N–H and O–H groups in total. The lowest BCUT2D eigenvalue weighted by molar-refractivity contribution is 0.109. The van der Waals surface area contributed by atoms with Gasteiger partial charge in [0.1, 0.15) is 0 Å². The standard InChI is InChI=1S/C16H26ClNO3Si.C2H3ClO2/c1-15(2,3)22-21-16(4,5)12-9-11(7-8-13(12)17)10-18-14(19)20-6;1-5-2(3)4/h7-9H,10,22H2,1-6H3,(H,18,19);1H3. The minimum Gasteiger partial charge on any atom is -0.457 e. The Kier molecular flexibility index (Phi) is 11.0. The molecule has 0 spiro atoms. The third-order valence-corrected chi connectivity index (χ3v) is 5.54. The fourth-order valence-corrected chi connectivity index (χ4v) is 3.16. The Morgan fingerprint density at radius 3 is 2.11 bits per heavy atom. The average molecular weight is 438 g/mol.